The zero-order valence-corrected chi connectivity index (χ0v) is 13.7. The Labute approximate surface area is 128 Å². The third kappa shape index (κ3) is 5.38. The summed E-state index contributed by atoms with van der Waals surface area (Å²) in [6, 6.07) is 8.37. The van der Waals surface area contributed by atoms with Crippen LogP contribution in [0.5, 0.6) is 5.75 Å². The summed E-state index contributed by atoms with van der Waals surface area (Å²) < 4.78 is 5.57. The molecule has 1 atom stereocenters. The summed E-state index contributed by atoms with van der Waals surface area (Å²) in [5, 5.41) is 3.45. The van der Waals surface area contributed by atoms with E-state index in [1.807, 2.05) is 26.0 Å². The summed E-state index contributed by atoms with van der Waals surface area (Å²) >= 11 is 0. The lowest BCUT2D eigenvalue weighted by Crippen LogP contribution is -2.34. The number of hydrogen-bond acceptors (Lipinski definition) is 3. The molecule has 1 amide bonds. The fourth-order valence-electron chi connectivity index (χ4n) is 2.35. The molecule has 0 heterocycles. The zero-order valence-electron chi connectivity index (χ0n) is 13.7. The van der Waals surface area contributed by atoms with E-state index in [0.29, 0.717) is 6.04 Å². The van der Waals surface area contributed by atoms with Crippen LogP contribution in [0.25, 0.3) is 0 Å². The van der Waals surface area contributed by atoms with Crippen LogP contribution in [0.3, 0.4) is 0 Å². The maximum Gasteiger partial charge on any atom is 0.260 e. The summed E-state index contributed by atoms with van der Waals surface area (Å²) in [4.78, 5) is 13.6. The number of carbonyl (C=O) groups is 1. The number of hydrogen-bond donors (Lipinski definition) is 1. The van der Waals surface area contributed by atoms with Gasteiger partial charge in [0.05, 0.1) is 0 Å². The average molecular weight is 292 g/mol. The van der Waals surface area contributed by atoms with Crippen molar-refractivity contribution in [3.05, 3.63) is 29.8 Å². The van der Waals surface area contributed by atoms with Crippen LogP contribution < -0.4 is 10.1 Å². The second-order valence-corrected chi connectivity index (χ2v) is 4.94. The first kappa shape index (κ1) is 17.5. The highest BCUT2D eigenvalue weighted by Gasteiger charge is 2.11. The van der Waals surface area contributed by atoms with Crippen molar-refractivity contribution in [1.82, 2.24) is 10.2 Å². The van der Waals surface area contributed by atoms with Crippen molar-refractivity contribution in [2.45, 2.75) is 40.2 Å². The number of amides is 1. The number of likely N-dealkylation sites (N-methyl/N-ethyl adjacent to an activating group) is 1. The van der Waals surface area contributed by atoms with Gasteiger partial charge in [-0.3, -0.25) is 4.79 Å². The molecule has 1 rings (SSSR count). The van der Waals surface area contributed by atoms with Gasteiger partial charge in [0, 0.05) is 19.1 Å². The molecular weight excluding hydrogens is 264 g/mol. The summed E-state index contributed by atoms with van der Waals surface area (Å²) in [6.45, 7) is 10.7. The molecule has 0 aliphatic heterocycles. The Morgan fingerprint density at radius 2 is 1.76 bits per heavy atom. The molecular formula is C17H28N2O2. The normalized spacial score (nSPS) is 12.0. The standard InChI is InChI=1S/C17H28N2O2/c1-5-16(18-6-2)14-9-11-15(12-10-14)21-13-17(20)19(7-3)8-4/h9-12,16,18H,5-8,13H2,1-4H3. The van der Waals surface area contributed by atoms with Gasteiger partial charge < -0.3 is 15.0 Å². The van der Waals surface area contributed by atoms with E-state index in [0.717, 1.165) is 31.8 Å². The molecule has 0 saturated carbocycles. The molecule has 21 heavy (non-hydrogen) atoms. The minimum atomic E-state index is 0.0307. The minimum Gasteiger partial charge on any atom is -0.484 e. The molecule has 4 heteroatoms. The largest absolute Gasteiger partial charge is 0.484 e. The van der Waals surface area contributed by atoms with Crippen molar-refractivity contribution in [2.75, 3.05) is 26.2 Å². The smallest absolute Gasteiger partial charge is 0.260 e. The Balaban J connectivity index is 2.56. The summed E-state index contributed by atoms with van der Waals surface area (Å²) in [6.07, 6.45) is 1.05. The molecule has 0 aliphatic carbocycles. The molecule has 0 radical (unpaired) electrons. The van der Waals surface area contributed by atoms with Crippen LogP contribution in [-0.2, 0) is 4.79 Å². The van der Waals surface area contributed by atoms with Crippen LogP contribution in [0.15, 0.2) is 24.3 Å². The molecule has 0 saturated heterocycles. The van der Waals surface area contributed by atoms with Crippen LogP contribution in [-0.4, -0.2) is 37.0 Å². The van der Waals surface area contributed by atoms with E-state index in [2.05, 4.69) is 31.3 Å². The van der Waals surface area contributed by atoms with Gasteiger partial charge in [-0.1, -0.05) is 26.0 Å². The lowest BCUT2D eigenvalue weighted by molar-refractivity contribution is -0.132. The average Bonchev–Trinajstić information content (AvgIpc) is 2.52. The van der Waals surface area contributed by atoms with E-state index in [9.17, 15) is 4.79 Å². The van der Waals surface area contributed by atoms with E-state index < -0.39 is 0 Å². The van der Waals surface area contributed by atoms with Gasteiger partial charge >= 0.3 is 0 Å². The lowest BCUT2D eigenvalue weighted by Gasteiger charge is -2.19. The van der Waals surface area contributed by atoms with E-state index in [1.54, 1.807) is 4.90 Å². The van der Waals surface area contributed by atoms with Gasteiger partial charge in [0.2, 0.25) is 0 Å². The number of ether oxygens (including phenoxy) is 1. The molecule has 1 unspecified atom stereocenters. The monoisotopic (exact) mass is 292 g/mol. The molecule has 0 fully saturated rings. The van der Waals surface area contributed by atoms with Gasteiger partial charge in [0.25, 0.3) is 5.91 Å². The van der Waals surface area contributed by atoms with Crippen molar-refractivity contribution in [3.8, 4) is 5.75 Å². The van der Waals surface area contributed by atoms with Crippen molar-refractivity contribution in [2.24, 2.45) is 0 Å². The second kappa shape index (κ2) is 9.40. The lowest BCUT2D eigenvalue weighted by atomic mass is 10.0. The maximum absolute atomic E-state index is 11.9. The molecule has 118 valence electrons. The van der Waals surface area contributed by atoms with E-state index in [-0.39, 0.29) is 12.5 Å². The van der Waals surface area contributed by atoms with Crippen molar-refractivity contribution in [3.63, 3.8) is 0 Å². The first-order valence-electron chi connectivity index (χ1n) is 7.90. The summed E-state index contributed by atoms with van der Waals surface area (Å²) in [7, 11) is 0. The number of nitrogens with zero attached hydrogens (tertiary/aromatic N) is 1. The fourth-order valence-corrected chi connectivity index (χ4v) is 2.35. The van der Waals surface area contributed by atoms with Crippen molar-refractivity contribution >= 4 is 5.91 Å². The Morgan fingerprint density at radius 3 is 2.24 bits per heavy atom. The highest BCUT2D eigenvalue weighted by molar-refractivity contribution is 5.77. The summed E-state index contributed by atoms with van der Waals surface area (Å²) in [5.41, 5.74) is 1.25. The Morgan fingerprint density at radius 1 is 1.14 bits per heavy atom. The zero-order chi connectivity index (χ0) is 15.7. The van der Waals surface area contributed by atoms with Gasteiger partial charge in [-0.05, 0) is 44.5 Å². The number of carbonyl (C=O) groups excluding carboxylic acids is 1. The van der Waals surface area contributed by atoms with Gasteiger partial charge in [0.15, 0.2) is 6.61 Å². The predicted octanol–water partition coefficient (Wildman–Crippen LogP) is 2.99. The van der Waals surface area contributed by atoms with Gasteiger partial charge in [-0.25, -0.2) is 0 Å². The number of nitrogens with one attached hydrogen (secondary N) is 1. The number of rotatable bonds is 9. The number of benzene rings is 1. The van der Waals surface area contributed by atoms with Crippen LogP contribution in [0, 0.1) is 0 Å². The Bertz CT molecular complexity index is 413. The van der Waals surface area contributed by atoms with E-state index >= 15 is 0 Å². The molecule has 1 N–H and O–H groups in total. The minimum absolute atomic E-state index is 0.0307. The fraction of sp³-hybridized carbons (Fsp3) is 0.588. The van der Waals surface area contributed by atoms with Gasteiger partial charge in [-0.2, -0.15) is 0 Å². The third-order valence-electron chi connectivity index (χ3n) is 3.62. The predicted molar refractivity (Wildman–Crippen MR) is 86.6 cm³/mol. The van der Waals surface area contributed by atoms with Crippen LogP contribution in [0.4, 0.5) is 0 Å². The Kier molecular flexibility index (Phi) is 7.83. The van der Waals surface area contributed by atoms with Gasteiger partial charge in [-0.15, -0.1) is 0 Å². The molecule has 0 aromatic heterocycles. The molecule has 0 aliphatic rings. The quantitative estimate of drug-likeness (QED) is 0.761. The SMILES string of the molecule is CCNC(CC)c1ccc(OCC(=O)N(CC)CC)cc1. The Hall–Kier alpha value is -1.55. The van der Waals surface area contributed by atoms with Crippen LogP contribution >= 0.6 is 0 Å². The third-order valence-corrected chi connectivity index (χ3v) is 3.62. The van der Waals surface area contributed by atoms with Gasteiger partial charge in [0.1, 0.15) is 5.75 Å². The summed E-state index contributed by atoms with van der Waals surface area (Å²) in [5.74, 6) is 0.772. The van der Waals surface area contributed by atoms with Crippen LogP contribution in [0.1, 0.15) is 45.7 Å². The van der Waals surface area contributed by atoms with E-state index in [1.165, 1.54) is 5.56 Å². The van der Waals surface area contributed by atoms with Crippen LogP contribution in [0.2, 0.25) is 0 Å². The van der Waals surface area contributed by atoms with Crippen molar-refractivity contribution < 1.29 is 9.53 Å². The van der Waals surface area contributed by atoms with E-state index in [4.69, 9.17) is 4.74 Å². The highest BCUT2D eigenvalue weighted by atomic mass is 16.5. The highest BCUT2D eigenvalue weighted by Crippen LogP contribution is 2.20. The first-order chi connectivity index (χ1) is 10.2. The molecule has 1 aromatic rings. The maximum atomic E-state index is 11.9. The molecule has 0 spiro atoms. The molecule has 1 aromatic carbocycles. The second-order valence-electron chi connectivity index (χ2n) is 4.94. The topological polar surface area (TPSA) is 41.6 Å². The molecule has 0 bridgehead atoms. The molecule has 4 nitrogen and oxygen atoms in total. The first-order valence-corrected chi connectivity index (χ1v) is 7.90. The van der Waals surface area contributed by atoms with Crippen molar-refractivity contribution in [1.29, 1.82) is 0 Å².